The molecule has 0 saturated heterocycles. The Hall–Kier alpha value is -2.72. The number of hydrogen-bond donors (Lipinski definition) is 1. The molecule has 0 aliphatic heterocycles. The first kappa shape index (κ1) is 24.5. The van der Waals surface area contributed by atoms with Crippen LogP contribution in [0.25, 0.3) is 0 Å². The van der Waals surface area contributed by atoms with Crippen molar-refractivity contribution >= 4 is 34.2 Å². The van der Waals surface area contributed by atoms with Gasteiger partial charge in [0.25, 0.3) is 5.91 Å². The average Bonchev–Trinajstić information content (AvgIpc) is 3.36. The van der Waals surface area contributed by atoms with Gasteiger partial charge in [0.15, 0.2) is 10.9 Å². The first-order valence-corrected chi connectivity index (χ1v) is 11.0. The molecule has 2 heterocycles. The fourth-order valence-electron chi connectivity index (χ4n) is 3.21. The van der Waals surface area contributed by atoms with E-state index in [-0.39, 0.29) is 49.9 Å². The van der Waals surface area contributed by atoms with E-state index in [1.165, 1.54) is 29.6 Å². The quantitative estimate of drug-likeness (QED) is 0.564. The van der Waals surface area contributed by atoms with Crippen molar-refractivity contribution in [1.82, 2.24) is 14.8 Å². The number of carbonyl (C=O) groups excluding carboxylic acids is 3. The fourth-order valence-corrected chi connectivity index (χ4v) is 3.93. The van der Waals surface area contributed by atoms with Gasteiger partial charge in [-0.1, -0.05) is 0 Å². The normalized spacial score (nSPS) is 11.1. The van der Waals surface area contributed by atoms with Crippen LogP contribution in [0.5, 0.6) is 0 Å². The lowest BCUT2D eigenvalue weighted by atomic mass is 10.2. The monoisotopic (exact) mass is 450 g/mol. The van der Waals surface area contributed by atoms with Crippen LogP contribution in [0.2, 0.25) is 0 Å². The number of amides is 3. The van der Waals surface area contributed by atoms with E-state index in [0.29, 0.717) is 10.8 Å². The van der Waals surface area contributed by atoms with Gasteiger partial charge in [-0.3, -0.25) is 14.4 Å². The highest BCUT2D eigenvalue weighted by molar-refractivity contribution is 7.13. The minimum Gasteiger partial charge on any atom is -0.459 e. The van der Waals surface area contributed by atoms with Crippen molar-refractivity contribution < 1.29 is 23.5 Å². The van der Waals surface area contributed by atoms with Crippen LogP contribution in [-0.4, -0.2) is 71.4 Å². The van der Waals surface area contributed by atoms with E-state index in [0.717, 1.165) is 0 Å². The maximum atomic E-state index is 12.6. The molecule has 31 heavy (non-hydrogen) atoms. The molecule has 10 heteroatoms. The highest BCUT2D eigenvalue weighted by Gasteiger charge is 2.23. The summed E-state index contributed by atoms with van der Waals surface area (Å²) >= 11 is 1.24. The summed E-state index contributed by atoms with van der Waals surface area (Å²) in [5.74, 6) is -0.652. The summed E-state index contributed by atoms with van der Waals surface area (Å²) in [7, 11) is 1.52. The molecular formula is C21H30N4O5S. The molecule has 2 aromatic rings. The Balaban J connectivity index is 1.97. The number of carbonyl (C=O) groups is 3. The highest BCUT2D eigenvalue weighted by atomic mass is 32.1. The van der Waals surface area contributed by atoms with Crippen molar-refractivity contribution in [3.63, 3.8) is 0 Å². The zero-order valence-corrected chi connectivity index (χ0v) is 19.4. The van der Waals surface area contributed by atoms with Crippen LogP contribution in [0.1, 0.15) is 43.9 Å². The molecule has 0 spiro atoms. The fraction of sp³-hybridized carbons (Fsp3) is 0.524. The predicted molar refractivity (Wildman–Crippen MR) is 118 cm³/mol. The zero-order valence-electron chi connectivity index (χ0n) is 18.6. The van der Waals surface area contributed by atoms with Crippen LogP contribution in [-0.2, 0) is 20.7 Å². The first-order valence-electron chi connectivity index (χ1n) is 10.1. The molecule has 9 nitrogen and oxygen atoms in total. The molecule has 0 aliphatic carbocycles. The molecule has 0 atom stereocenters. The van der Waals surface area contributed by atoms with Gasteiger partial charge in [0.05, 0.1) is 25.0 Å². The van der Waals surface area contributed by atoms with Crippen LogP contribution in [0.3, 0.4) is 0 Å². The number of aromatic nitrogens is 1. The van der Waals surface area contributed by atoms with Gasteiger partial charge in [-0.15, -0.1) is 11.3 Å². The van der Waals surface area contributed by atoms with E-state index in [1.807, 2.05) is 32.6 Å². The molecular weight excluding hydrogens is 420 g/mol. The van der Waals surface area contributed by atoms with Gasteiger partial charge in [0.2, 0.25) is 11.8 Å². The molecule has 0 aromatic carbocycles. The predicted octanol–water partition coefficient (Wildman–Crippen LogP) is 2.65. The number of nitrogens with one attached hydrogen (secondary N) is 1. The summed E-state index contributed by atoms with van der Waals surface area (Å²) in [5.41, 5.74) is 0.597. The molecule has 2 aromatic heterocycles. The highest BCUT2D eigenvalue weighted by Crippen LogP contribution is 2.18. The summed E-state index contributed by atoms with van der Waals surface area (Å²) in [6, 6.07) is 3.34. The molecule has 0 fully saturated rings. The summed E-state index contributed by atoms with van der Waals surface area (Å²) in [6.07, 6.45) is 1.57. The Morgan fingerprint density at radius 1 is 1.23 bits per heavy atom. The second-order valence-corrected chi connectivity index (χ2v) is 8.41. The van der Waals surface area contributed by atoms with Gasteiger partial charge >= 0.3 is 0 Å². The molecule has 0 aliphatic rings. The number of methoxy groups -OCH3 is 1. The van der Waals surface area contributed by atoms with Gasteiger partial charge in [-0.05, 0) is 39.8 Å². The van der Waals surface area contributed by atoms with Gasteiger partial charge in [0.1, 0.15) is 6.54 Å². The van der Waals surface area contributed by atoms with E-state index in [1.54, 1.807) is 17.5 Å². The zero-order chi connectivity index (χ0) is 23.0. The maximum absolute atomic E-state index is 12.6. The third-order valence-corrected chi connectivity index (χ3v) is 5.26. The molecule has 0 saturated carbocycles. The van der Waals surface area contributed by atoms with Crippen molar-refractivity contribution in [2.45, 2.75) is 46.2 Å². The molecule has 0 unspecified atom stereocenters. The van der Waals surface area contributed by atoms with Gasteiger partial charge in [0, 0.05) is 31.1 Å². The van der Waals surface area contributed by atoms with Crippen molar-refractivity contribution in [2.75, 3.05) is 32.1 Å². The van der Waals surface area contributed by atoms with Crippen LogP contribution < -0.4 is 5.32 Å². The lowest BCUT2D eigenvalue weighted by Crippen LogP contribution is -2.42. The van der Waals surface area contributed by atoms with Gasteiger partial charge in [-0.25, -0.2) is 4.98 Å². The van der Waals surface area contributed by atoms with Gasteiger partial charge in [-0.2, -0.15) is 0 Å². The number of rotatable bonds is 11. The summed E-state index contributed by atoms with van der Waals surface area (Å²) in [6.45, 7) is 8.25. The smallest absolute Gasteiger partial charge is 0.290 e. The third kappa shape index (κ3) is 7.18. The summed E-state index contributed by atoms with van der Waals surface area (Å²) in [5, 5.41) is 4.83. The lowest BCUT2D eigenvalue weighted by molar-refractivity contribution is -0.134. The second kappa shape index (κ2) is 11.6. The molecule has 0 radical (unpaired) electrons. The maximum Gasteiger partial charge on any atom is 0.290 e. The Morgan fingerprint density at radius 3 is 2.52 bits per heavy atom. The molecule has 3 amide bonds. The number of thiazole rings is 1. The van der Waals surface area contributed by atoms with E-state index in [4.69, 9.17) is 9.15 Å². The lowest BCUT2D eigenvalue weighted by Gasteiger charge is -2.30. The number of furan rings is 1. The largest absolute Gasteiger partial charge is 0.459 e. The van der Waals surface area contributed by atoms with Gasteiger partial charge < -0.3 is 24.3 Å². The van der Waals surface area contributed by atoms with Crippen molar-refractivity contribution in [3.8, 4) is 0 Å². The molecule has 0 bridgehead atoms. The number of ether oxygens (including phenoxy) is 1. The van der Waals surface area contributed by atoms with Crippen LogP contribution in [0, 0.1) is 0 Å². The molecule has 2 rings (SSSR count). The van der Waals surface area contributed by atoms with Crippen molar-refractivity contribution in [1.29, 1.82) is 0 Å². The van der Waals surface area contributed by atoms with Crippen molar-refractivity contribution in [2.24, 2.45) is 0 Å². The van der Waals surface area contributed by atoms with E-state index in [2.05, 4.69) is 10.3 Å². The Labute approximate surface area is 186 Å². The number of hydrogen-bond acceptors (Lipinski definition) is 7. The van der Waals surface area contributed by atoms with E-state index in [9.17, 15) is 14.4 Å². The minimum absolute atomic E-state index is 0.0111. The Morgan fingerprint density at radius 2 is 1.94 bits per heavy atom. The third-order valence-electron chi connectivity index (χ3n) is 4.45. The summed E-state index contributed by atoms with van der Waals surface area (Å²) < 4.78 is 10.2. The van der Waals surface area contributed by atoms with Crippen LogP contribution in [0.4, 0.5) is 5.13 Å². The standard InChI is InChI=1S/C21H30N4O5S/c1-14(2)25(15(3)4)19(27)11-16-13-31-21(22-16)23-18(26)12-24(8-10-29-5)20(28)17-7-6-9-30-17/h6-7,9,13-15H,8,10-12H2,1-5H3,(H,22,23,26). The topological polar surface area (TPSA) is 105 Å². The SMILES string of the molecule is COCCN(CC(=O)Nc1nc(CC(=O)N(C(C)C)C(C)C)cs1)C(=O)c1ccco1. The van der Waals surface area contributed by atoms with Crippen molar-refractivity contribution in [3.05, 3.63) is 35.2 Å². The summed E-state index contributed by atoms with van der Waals surface area (Å²) in [4.78, 5) is 45.1. The van der Waals surface area contributed by atoms with Crippen LogP contribution >= 0.6 is 11.3 Å². The average molecular weight is 451 g/mol. The number of anilines is 1. The van der Waals surface area contributed by atoms with E-state index >= 15 is 0 Å². The molecule has 1 N–H and O–H groups in total. The minimum atomic E-state index is -0.398. The Bertz CT molecular complexity index is 855. The molecule has 170 valence electrons. The van der Waals surface area contributed by atoms with Crippen LogP contribution in [0.15, 0.2) is 28.2 Å². The first-order chi connectivity index (χ1) is 14.7. The number of nitrogens with zero attached hydrogens (tertiary/aromatic N) is 3. The van der Waals surface area contributed by atoms with E-state index < -0.39 is 11.8 Å². The Kier molecular flexibility index (Phi) is 9.20. The second-order valence-electron chi connectivity index (χ2n) is 7.55.